The van der Waals surface area contributed by atoms with Gasteiger partial charge in [-0.1, -0.05) is 0 Å². The van der Waals surface area contributed by atoms with Crippen molar-refractivity contribution < 1.29 is 9.53 Å². The van der Waals surface area contributed by atoms with Crippen LogP contribution in [0.4, 0.5) is 5.95 Å². The highest BCUT2D eigenvalue weighted by Crippen LogP contribution is 2.12. The van der Waals surface area contributed by atoms with E-state index < -0.39 is 5.97 Å². The lowest BCUT2D eigenvalue weighted by atomic mass is 10.3. The minimum atomic E-state index is -0.394. The van der Waals surface area contributed by atoms with Gasteiger partial charge in [-0.15, -0.1) is 0 Å². The maximum Gasteiger partial charge on any atom is 0.341 e. The molecule has 7 nitrogen and oxygen atoms in total. The fourth-order valence-corrected chi connectivity index (χ4v) is 1.54. The van der Waals surface area contributed by atoms with Crippen molar-refractivity contribution in [2.45, 2.75) is 13.8 Å². The summed E-state index contributed by atoms with van der Waals surface area (Å²) >= 11 is 0. The van der Waals surface area contributed by atoms with Crippen LogP contribution in [0.3, 0.4) is 0 Å². The number of ether oxygens (including phenoxy) is 1. The SMILES string of the molecule is CCOC(=O)c1cnn(-c2nc(NC)ncc2C)c1. The highest BCUT2D eigenvalue weighted by atomic mass is 16.5. The first-order valence-corrected chi connectivity index (χ1v) is 5.89. The average Bonchev–Trinajstić information content (AvgIpc) is 2.89. The van der Waals surface area contributed by atoms with E-state index >= 15 is 0 Å². The number of nitrogens with zero attached hydrogens (tertiary/aromatic N) is 4. The van der Waals surface area contributed by atoms with Crippen LogP contribution in [-0.4, -0.2) is 39.4 Å². The van der Waals surface area contributed by atoms with Crippen molar-refractivity contribution in [3.63, 3.8) is 0 Å². The summed E-state index contributed by atoms with van der Waals surface area (Å²) in [6.45, 7) is 3.97. The predicted octanol–water partition coefficient (Wildman–Crippen LogP) is 1.19. The van der Waals surface area contributed by atoms with E-state index in [1.807, 2.05) is 6.92 Å². The van der Waals surface area contributed by atoms with Crippen LogP contribution in [0.1, 0.15) is 22.8 Å². The van der Waals surface area contributed by atoms with Gasteiger partial charge in [-0.25, -0.2) is 14.5 Å². The van der Waals surface area contributed by atoms with Gasteiger partial charge < -0.3 is 10.1 Å². The van der Waals surface area contributed by atoms with Gasteiger partial charge in [-0.3, -0.25) is 0 Å². The lowest BCUT2D eigenvalue weighted by Gasteiger charge is -2.06. The third kappa shape index (κ3) is 2.70. The molecule has 0 aliphatic carbocycles. The topological polar surface area (TPSA) is 81.9 Å². The maximum absolute atomic E-state index is 11.6. The van der Waals surface area contributed by atoms with E-state index in [0.717, 1.165) is 5.56 Å². The lowest BCUT2D eigenvalue weighted by Crippen LogP contribution is -2.06. The average molecular weight is 261 g/mol. The maximum atomic E-state index is 11.6. The van der Waals surface area contributed by atoms with Crippen molar-refractivity contribution in [1.82, 2.24) is 19.7 Å². The molecule has 0 saturated carbocycles. The van der Waals surface area contributed by atoms with Crippen molar-refractivity contribution in [3.05, 3.63) is 29.7 Å². The third-order valence-corrected chi connectivity index (χ3v) is 2.48. The molecule has 2 heterocycles. The number of carbonyl (C=O) groups is 1. The lowest BCUT2D eigenvalue weighted by molar-refractivity contribution is 0.0526. The van der Waals surface area contributed by atoms with Crippen LogP contribution < -0.4 is 5.32 Å². The van der Waals surface area contributed by atoms with Crippen LogP contribution in [0.5, 0.6) is 0 Å². The van der Waals surface area contributed by atoms with Crippen molar-refractivity contribution in [2.75, 3.05) is 19.0 Å². The van der Waals surface area contributed by atoms with Crippen molar-refractivity contribution in [2.24, 2.45) is 0 Å². The molecule has 100 valence electrons. The van der Waals surface area contributed by atoms with Gasteiger partial charge in [0.15, 0.2) is 5.82 Å². The number of aromatic nitrogens is 4. The second kappa shape index (κ2) is 5.47. The van der Waals surface area contributed by atoms with Gasteiger partial charge in [0.25, 0.3) is 0 Å². The number of hydrogen-bond acceptors (Lipinski definition) is 6. The molecule has 2 rings (SSSR count). The normalized spacial score (nSPS) is 10.3. The minimum Gasteiger partial charge on any atom is -0.462 e. The van der Waals surface area contributed by atoms with Crippen LogP contribution in [-0.2, 0) is 4.74 Å². The molecule has 0 unspecified atom stereocenters. The zero-order chi connectivity index (χ0) is 13.8. The van der Waals surface area contributed by atoms with Crippen molar-refractivity contribution >= 4 is 11.9 Å². The Balaban J connectivity index is 2.34. The van der Waals surface area contributed by atoms with Gasteiger partial charge in [-0.2, -0.15) is 10.1 Å². The zero-order valence-electron chi connectivity index (χ0n) is 11.0. The predicted molar refractivity (Wildman–Crippen MR) is 69.4 cm³/mol. The fourth-order valence-electron chi connectivity index (χ4n) is 1.54. The second-order valence-corrected chi connectivity index (χ2v) is 3.84. The molecule has 0 radical (unpaired) electrons. The Morgan fingerprint density at radius 2 is 2.26 bits per heavy atom. The number of carbonyl (C=O) groups excluding carboxylic acids is 1. The number of aryl methyl sites for hydroxylation is 1. The Bertz CT molecular complexity index is 594. The molecular weight excluding hydrogens is 246 g/mol. The molecule has 0 aliphatic rings. The summed E-state index contributed by atoms with van der Waals surface area (Å²) < 4.78 is 6.45. The number of anilines is 1. The molecule has 0 saturated heterocycles. The number of rotatable bonds is 4. The molecule has 2 aromatic heterocycles. The van der Waals surface area contributed by atoms with Crippen molar-refractivity contribution in [1.29, 1.82) is 0 Å². The van der Waals surface area contributed by atoms with Gasteiger partial charge in [0.1, 0.15) is 0 Å². The number of esters is 1. The van der Waals surface area contributed by atoms with Crippen LogP contribution in [0.25, 0.3) is 5.82 Å². The minimum absolute atomic E-state index is 0.334. The van der Waals surface area contributed by atoms with E-state index in [2.05, 4.69) is 20.4 Å². The molecule has 0 aliphatic heterocycles. The molecule has 1 N–H and O–H groups in total. The molecule has 0 fully saturated rings. The molecule has 0 bridgehead atoms. The van der Waals surface area contributed by atoms with E-state index in [4.69, 9.17) is 4.74 Å². The van der Waals surface area contributed by atoms with E-state index in [9.17, 15) is 4.79 Å². The zero-order valence-corrected chi connectivity index (χ0v) is 11.0. The molecular formula is C12H15N5O2. The molecule has 0 atom stereocenters. The highest BCUT2D eigenvalue weighted by Gasteiger charge is 2.12. The number of hydrogen-bond donors (Lipinski definition) is 1. The van der Waals surface area contributed by atoms with E-state index in [1.165, 1.54) is 10.9 Å². The Kier molecular flexibility index (Phi) is 3.74. The van der Waals surface area contributed by atoms with Gasteiger partial charge >= 0.3 is 5.97 Å². The third-order valence-electron chi connectivity index (χ3n) is 2.48. The van der Waals surface area contributed by atoms with E-state index in [0.29, 0.717) is 23.9 Å². The van der Waals surface area contributed by atoms with Crippen LogP contribution in [0, 0.1) is 6.92 Å². The summed E-state index contributed by atoms with van der Waals surface area (Å²) in [6.07, 6.45) is 4.74. The summed E-state index contributed by atoms with van der Waals surface area (Å²) in [4.78, 5) is 20.0. The second-order valence-electron chi connectivity index (χ2n) is 3.84. The molecule has 0 spiro atoms. The first-order chi connectivity index (χ1) is 9.15. The molecule has 19 heavy (non-hydrogen) atoms. The first kappa shape index (κ1) is 13.0. The Labute approximate surface area is 110 Å². The largest absolute Gasteiger partial charge is 0.462 e. The summed E-state index contributed by atoms with van der Waals surface area (Å²) in [5.41, 5.74) is 1.25. The van der Waals surface area contributed by atoms with Gasteiger partial charge in [0.2, 0.25) is 5.95 Å². The van der Waals surface area contributed by atoms with E-state index in [1.54, 1.807) is 26.4 Å². The highest BCUT2D eigenvalue weighted by molar-refractivity contribution is 5.88. The number of nitrogens with one attached hydrogen (secondary N) is 1. The summed E-state index contributed by atoms with van der Waals surface area (Å²) in [5, 5.41) is 6.98. The summed E-state index contributed by atoms with van der Waals surface area (Å²) in [5.74, 6) is 0.720. The van der Waals surface area contributed by atoms with Gasteiger partial charge in [0, 0.05) is 25.0 Å². The first-order valence-electron chi connectivity index (χ1n) is 5.89. The van der Waals surface area contributed by atoms with Crippen LogP contribution >= 0.6 is 0 Å². The fraction of sp³-hybridized carbons (Fsp3) is 0.333. The summed E-state index contributed by atoms with van der Waals surface area (Å²) in [6, 6.07) is 0. The Hall–Kier alpha value is -2.44. The Morgan fingerprint density at radius 1 is 1.47 bits per heavy atom. The monoisotopic (exact) mass is 261 g/mol. The quantitative estimate of drug-likeness (QED) is 0.832. The van der Waals surface area contributed by atoms with Crippen LogP contribution in [0.15, 0.2) is 18.6 Å². The van der Waals surface area contributed by atoms with Gasteiger partial charge in [0.05, 0.1) is 18.4 Å². The standard InChI is InChI=1S/C12H15N5O2/c1-4-19-11(18)9-6-15-17(7-9)10-8(2)5-14-12(13-3)16-10/h5-7H,4H2,1-3H3,(H,13,14,16). The molecule has 0 amide bonds. The molecule has 0 aromatic carbocycles. The smallest absolute Gasteiger partial charge is 0.341 e. The van der Waals surface area contributed by atoms with Crippen molar-refractivity contribution in [3.8, 4) is 5.82 Å². The van der Waals surface area contributed by atoms with E-state index in [-0.39, 0.29) is 0 Å². The summed E-state index contributed by atoms with van der Waals surface area (Å²) in [7, 11) is 1.74. The van der Waals surface area contributed by atoms with Gasteiger partial charge in [-0.05, 0) is 13.8 Å². The van der Waals surface area contributed by atoms with Crippen LogP contribution in [0.2, 0.25) is 0 Å². The molecule has 2 aromatic rings. The Morgan fingerprint density at radius 3 is 2.95 bits per heavy atom. The molecule has 7 heteroatoms.